The van der Waals surface area contributed by atoms with E-state index in [1.807, 2.05) is 0 Å². The summed E-state index contributed by atoms with van der Waals surface area (Å²) in [5, 5.41) is 22.4. The van der Waals surface area contributed by atoms with Gasteiger partial charge in [0.1, 0.15) is 0 Å². The van der Waals surface area contributed by atoms with Crippen LogP contribution in [-0.2, 0) is 10.0 Å². The smallest absolute Gasteiger partial charge is 0.335 e. The number of non-ortho nitro benzene ring substituents is 1. The first-order valence-corrected chi connectivity index (χ1v) is 9.19. The molecule has 1 unspecified atom stereocenters. The molecule has 1 aliphatic heterocycles. The van der Waals surface area contributed by atoms with Gasteiger partial charge in [0, 0.05) is 37.3 Å². The van der Waals surface area contributed by atoms with E-state index in [1.54, 1.807) is 0 Å². The van der Waals surface area contributed by atoms with Crippen molar-refractivity contribution in [2.45, 2.75) is 6.42 Å². The lowest BCUT2D eigenvalue weighted by molar-refractivity contribution is -0.384. The number of nitro groups is 1. The molecule has 2 N–H and O–H groups in total. The number of amides is 1. The van der Waals surface area contributed by atoms with Crippen molar-refractivity contribution in [2.75, 3.05) is 25.9 Å². The lowest BCUT2D eigenvalue weighted by Gasteiger charge is -2.14. The van der Waals surface area contributed by atoms with Gasteiger partial charge in [0.15, 0.2) is 0 Å². The van der Waals surface area contributed by atoms with E-state index >= 15 is 0 Å². The highest BCUT2D eigenvalue weighted by Gasteiger charge is 2.28. The summed E-state index contributed by atoms with van der Waals surface area (Å²) in [5.74, 6) is -2.10. The van der Waals surface area contributed by atoms with Crippen molar-refractivity contribution < 1.29 is 28.0 Å². The molecule has 1 atom stereocenters. The van der Waals surface area contributed by atoms with Crippen LogP contribution in [0.3, 0.4) is 0 Å². The number of aromatic carboxylic acids is 1. The van der Waals surface area contributed by atoms with Crippen LogP contribution in [0.15, 0.2) is 18.2 Å². The van der Waals surface area contributed by atoms with Crippen molar-refractivity contribution in [3.8, 4) is 0 Å². The van der Waals surface area contributed by atoms with Crippen LogP contribution in [-0.4, -0.2) is 60.5 Å². The molecule has 1 heterocycles. The lowest BCUT2D eigenvalue weighted by Crippen LogP contribution is -2.32. The molecule has 11 heteroatoms. The van der Waals surface area contributed by atoms with E-state index in [9.17, 15) is 28.1 Å². The Balaban J connectivity index is 2.06. The molecule has 1 aromatic rings. The maximum absolute atomic E-state index is 12.2. The number of rotatable bonds is 6. The average molecular weight is 371 g/mol. The van der Waals surface area contributed by atoms with Gasteiger partial charge in [0.05, 0.1) is 16.7 Å². The molecule has 1 aromatic carbocycles. The van der Waals surface area contributed by atoms with Gasteiger partial charge in [-0.3, -0.25) is 14.9 Å². The Labute approximate surface area is 143 Å². The molecular formula is C14H17N3O7S. The van der Waals surface area contributed by atoms with Gasteiger partial charge in [-0.15, -0.1) is 0 Å². The molecule has 0 aromatic heterocycles. The van der Waals surface area contributed by atoms with Crippen LogP contribution < -0.4 is 5.32 Å². The number of carboxylic acid groups (broad SMARTS) is 1. The molecule has 1 saturated heterocycles. The normalized spacial score (nSPS) is 18.0. The van der Waals surface area contributed by atoms with Crippen LogP contribution in [0.25, 0.3) is 0 Å². The minimum absolute atomic E-state index is 0.0729. The van der Waals surface area contributed by atoms with Gasteiger partial charge < -0.3 is 10.4 Å². The largest absolute Gasteiger partial charge is 0.478 e. The van der Waals surface area contributed by atoms with Crippen molar-refractivity contribution in [3.05, 3.63) is 39.4 Å². The molecule has 10 nitrogen and oxygen atoms in total. The SMILES string of the molecule is CS(=O)(=O)N1CCC(CNC(=O)c2cc(C(=O)O)cc([N+](=O)[O-])c2)C1. The predicted molar refractivity (Wildman–Crippen MR) is 86.9 cm³/mol. The minimum Gasteiger partial charge on any atom is -0.478 e. The zero-order valence-electron chi connectivity index (χ0n) is 13.3. The Morgan fingerprint density at radius 1 is 1.36 bits per heavy atom. The van der Waals surface area contributed by atoms with Gasteiger partial charge in [-0.1, -0.05) is 0 Å². The van der Waals surface area contributed by atoms with Gasteiger partial charge >= 0.3 is 5.97 Å². The highest BCUT2D eigenvalue weighted by Crippen LogP contribution is 2.20. The number of carboxylic acids is 1. The van der Waals surface area contributed by atoms with Crippen LogP contribution in [0.2, 0.25) is 0 Å². The first-order chi connectivity index (χ1) is 11.6. The zero-order valence-corrected chi connectivity index (χ0v) is 14.2. The summed E-state index contributed by atoms with van der Waals surface area (Å²) in [7, 11) is -3.28. The highest BCUT2D eigenvalue weighted by molar-refractivity contribution is 7.88. The summed E-state index contributed by atoms with van der Waals surface area (Å²) in [6.07, 6.45) is 1.70. The number of sulfonamides is 1. The third-order valence-electron chi connectivity index (χ3n) is 3.91. The standard InChI is InChI=1S/C14H17N3O7S/c1-25(23,24)16-3-2-9(8-16)7-15-13(18)10-4-11(14(19)20)6-12(5-10)17(21)22/h4-6,9H,2-3,7-8H2,1H3,(H,15,18)(H,19,20). The summed E-state index contributed by atoms with van der Waals surface area (Å²) < 4.78 is 24.2. The molecule has 0 spiro atoms. The van der Waals surface area contributed by atoms with Gasteiger partial charge in [-0.05, 0) is 18.4 Å². The van der Waals surface area contributed by atoms with E-state index in [-0.39, 0.29) is 30.1 Å². The average Bonchev–Trinajstić information content (AvgIpc) is 3.01. The topological polar surface area (TPSA) is 147 Å². The van der Waals surface area contributed by atoms with Gasteiger partial charge in [-0.25, -0.2) is 17.5 Å². The summed E-state index contributed by atoms with van der Waals surface area (Å²) in [6.45, 7) is 0.851. The summed E-state index contributed by atoms with van der Waals surface area (Å²) in [6, 6.07) is 2.93. The van der Waals surface area contributed by atoms with Crippen molar-refractivity contribution in [2.24, 2.45) is 5.92 Å². The van der Waals surface area contributed by atoms with Gasteiger partial charge in [0.25, 0.3) is 11.6 Å². The fourth-order valence-electron chi connectivity index (χ4n) is 2.58. The fraction of sp³-hybridized carbons (Fsp3) is 0.429. The molecule has 0 saturated carbocycles. The van der Waals surface area contributed by atoms with Crippen molar-refractivity contribution in [1.29, 1.82) is 0 Å². The Morgan fingerprint density at radius 2 is 2.00 bits per heavy atom. The summed E-state index contributed by atoms with van der Waals surface area (Å²) in [5.41, 5.74) is -0.984. The number of nitrogens with zero attached hydrogens (tertiary/aromatic N) is 2. The molecule has 136 valence electrons. The minimum atomic E-state index is -3.28. The van der Waals surface area contributed by atoms with Crippen molar-refractivity contribution >= 4 is 27.6 Å². The Hall–Kier alpha value is -2.53. The van der Waals surface area contributed by atoms with Crippen LogP contribution in [0.1, 0.15) is 27.1 Å². The Morgan fingerprint density at radius 3 is 2.52 bits per heavy atom. The van der Waals surface area contributed by atoms with Crippen LogP contribution in [0.5, 0.6) is 0 Å². The zero-order chi connectivity index (χ0) is 18.8. The second-order valence-corrected chi connectivity index (χ2v) is 7.80. The Bertz CT molecular complexity index is 789. The summed E-state index contributed by atoms with van der Waals surface area (Å²) >= 11 is 0. The first-order valence-electron chi connectivity index (χ1n) is 7.34. The summed E-state index contributed by atoms with van der Waals surface area (Å²) in [4.78, 5) is 33.3. The van der Waals surface area contributed by atoms with Crippen LogP contribution in [0.4, 0.5) is 5.69 Å². The van der Waals surface area contributed by atoms with E-state index in [2.05, 4.69) is 5.32 Å². The molecule has 2 rings (SSSR count). The lowest BCUT2D eigenvalue weighted by atomic mass is 10.1. The third-order valence-corrected chi connectivity index (χ3v) is 5.18. The first kappa shape index (κ1) is 18.8. The molecule has 0 aliphatic carbocycles. The molecule has 1 fully saturated rings. The monoisotopic (exact) mass is 371 g/mol. The van der Waals surface area contributed by atoms with Crippen LogP contribution in [0, 0.1) is 16.0 Å². The number of nitro benzene ring substituents is 1. The molecule has 1 amide bonds. The second-order valence-electron chi connectivity index (χ2n) is 5.82. The number of hydrogen-bond donors (Lipinski definition) is 2. The molecule has 0 radical (unpaired) electrons. The van der Waals surface area contributed by atoms with E-state index in [0.717, 1.165) is 24.5 Å². The second kappa shape index (κ2) is 7.15. The van der Waals surface area contributed by atoms with E-state index < -0.39 is 32.5 Å². The maximum atomic E-state index is 12.2. The number of carbonyl (C=O) groups excluding carboxylic acids is 1. The number of hydrogen-bond acceptors (Lipinski definition) is 6. The third kappa shape index (κ3) is 4.73. The molecule has 0 bridgehead atoms. The predicted octanol–water partition coefficient (Wildman–Crippen LogP) is 0.304. The number of benzene rings is 1. The van der Waals surface area contributed by atoms with Gasteiger partial charge in [0.2, 0.25) is 10.0 Å². The van der Waals surface area contributed by atoms with Gasteiger partial charge in [-0.2, -0.15) is 0 Å². The highest BCUT2D eigenvalue weighted by atomic mass is 32.2. The van der Waals surface area contributed by atoms with E-state index in [4.69, 9.17) is 5.11 Å². The number of carbonyl (C=O) groups is 2. The molecular weight excluding hydrogens is 354 g/mol. The molecule has 25 heavy (non-hydrogen) atoms. The maximum Gasteiger partial charge on any atom is 0.335 e. The van der Waals surface area contributed by atoms with E-state index in [0.29, 0.717) is 13.0 Å². The molecule has 1 aliphatic rings. The van der Waals surface area contributed by atoms with Crippen LogP contribution >= 0.6 is 0 Å². The quantitative estimate of drug-likeness (QED) is 0.540. The van der Waals surface area contributed by atoms with Crippen molar-refractivity contribution in [1.82, 2.24) is 9.62 Å². The Kier molecular flexibility index (Phi) is 5.38. The number of nitrogens with one attached hydrogen (secondary N) is 1. The van der Waals surface area contributed by atoms with Crippen molar-refractivity contribution in [3.63, 3.8) is 0 Å². The fourth-order valence-corrected chi connectivity index (χ4v) is 3.49. The van der Waals surface area contributed by atoms with E-state index in [1.165, 1.54) is 4.31 Å².